The number of nitrogens with two attached hydrogens (primary N) is 1. The summed E-state index contributed by atoms with van der Waals surface area (Å²) in [5, 5.41) is 0. The Labute approximate surface area is 148 Å². The average molecular weight is 337 g/mol. The molecular weight excluding hydrogens is 314 g/mol. The third-order valence-electron chi connectivity index (χ3n) is 4.19. The Bertz CT molecular complexity index is 842. The molecule has 1 heterocycles. The predicted octanol–water partition coefficient (Wildman–Crippen LogP) is 3.00. The van der Waals surface area contributed by atoms with E-state index >= 15 is 0 Å². The molecule has 0 aliphatic carbocycles. The van der Waals surface area contributed by atoms with Crippen molar-refractivity contribution in [3.8, 4) is 11.5 Å². The molecule has 0 radical (unpaired) electrons. The minimum Gasteiger partial charge on any atom is -0.493 e. The molecule has 0 unspecified atom stereocenters. The van der Waals surface area contributed by atoms with Crippen LogP contribution in [-0.4, -0.2) is 23.8 Å². The summed E-state index contributed by atoms with van der Waals surface area (Å²) in [4.78, 5) is 4.51. The molecule has 0 saturated carbocycles. The number of benzene rings is 2. The van der Waals surface area contributed by atoms with Crippen molar-refractivity contribution in [3.63, 3.8) is 0 Å². The molecule has 0 spiro atoms. The fraction of sp³-hybridized carbons (Fsp3) is 0.250. The highest BCUT2D eigenvalue weighted by molar-refractivity contribution is 5.43. The number of nitrogens with zero attached hydrogens (tertiary/aromatic N) is 2. The van der Waals surface area contributed by atoms with Crippen LogP contribution in [0.15, 0.2) is 54.9 Å². The van der Waals surface area contributed by atoms with Gasteiger partial charge in [-0.2, -0.15) is 0 Å². The lowest BCUT2D eigenvalue weighted by molar-refractivity contribution is 0.354. The number of aromatic nitrogens is 2. The van der Waals surface area contributed by atoms with Gasteiger partial charge in [-0.25, -0.2) is 4.98 Å². The minimum absolute atomic E-state index is 0.552. The fourth-order valence-electron chi connectivity index (χ4n) is 2.88. The van der Waals surface area contributed by atoms with Crippen LogP contribution < -0.4 is 15.2 Å². The first-order chi connectivity index (χ1) is 12.2. The van der Waals surface area contributed by atoms with Gasteiger partial charge in [0.05, 0.1) is 14.2 Å². The van der Waals surface area contributed by atoms with Gasteiger partial charge >= 0.3 is 0 Å². The zero-order chi connectivity index (χ0) is 17.6. The van der Waals surface area contributed by atoms with Gasteiger partial charge in [-0.3, -0.25) is 0 Å². The minimum atomic E-state index is 0.552. The maximum atomic E-state index is 5.73. The largest absolute Gasteiger partial charge is 0.493 e. The summed E-state index contributed by atoms with van der Waals surface area (Å²) < 4.78 is 12.8. The third kappa shape index (κ3) is 4.00. The van der Waals surface area contributed by atoms with Crippen molar-refractivity contribution in [3.05, 3.63) is 77.4 Å². The Balaban J connectivity index is 1.80. The molecule has 0 bridgehead atoms. The lowest BCUT2D eigenvalue weighted by Gasteiger charge is -2.11. The first-order valence-corrected chi connectivity index (χ1v) is 8.22. The van der Waals surface area contributed by atoms with Gasteiger partial charge < -0.3 is 19.8 Å². The number of ether oxygens (including phenoxy) is 2. The van der Waals surface area contributed by atoms with E-state index in [1.165, 1.54) is 5.56 Å². The molecule has 5 heteroatoms. The SMILES string of the molecule is COc1ccc(Cc2nccn2Cc2cccc(CN)c2)cc1OC. The van der Waals surface area contributed by atoms with Gasteiger partial charge in [-0.15, -0.1) is 0 Å². The molecule has 0 saturated heterocycles. The van der Waals surface area contributed by atoms with Crippen LogP contribution in [0, 0.1) is 0 Å². The number of imidazole rings is 1. The molecule has 0 fully saturated rings. The van der Waals surface area contributed by atoms with Gasteiger partial charge in [0.15, 0.2) is 11.5 Å². The summed E-state index contributed by atoms with van der Waals surface area (Å²) in [6.45, 7) is 1.33. The summed E-state index contributed by atoms with van der Waals surface area (Å²) in [6, 6.07) is 14.3. The quantitative estimate of drug-likeness (QED) is 0.720. The second kappa shape index (κ2) is 7.85. The first kappa shape index (κ1) is 17.0. The van der Waals surface area contributed by atoms with Crippen LogP contribution in [-0.2, 0) is 19.5 Å². The topological polar surface area (TPSA) is 62.3 Å². The molecule has 0 amide bonds. The van der Waals surface area contributed by atoms with Crippen LogP contribution in [0.25, 0.3) is 0 Å². The second-order valence-electron chi connectivity index (χ2n) is 5.86. The van der Waals surface area contributed by atoms with E-state index < -0.39 is 0 Å². The molecule has 130 valence electrons. The molecule has 25 heavy (non-hydrogen) atoms. The highest BCUT2D eigenvalue weighted by Crippen LogP contribution is 2.28. The van der Waals surface area contributed by atoms with Crippen molar-refractivity contribution in [2.75, 3.05) is 14.2 Å². The Kier molecular flexibility index (Phi) is 5.36. The van der Waals surface area contributed by atoms with Gasteiger partial charge in [-0.1, -0.05) is 30.3 Å². The van der Waals surface area contributed by atoms with E-state index in [4.69, 9.17) is 15.2 Å². The number of hydrogen-bond acceptors (Lipinski definition) is 4. The molecule has 0 atom stereocenters. The van der Waals surface area contributed by atoms with E-state index in [9.17, 15) is 0 Å². The second-order valence-corrected chi connectivity index (χ2v) is 5.86. The maximum Gasteiger partial charge on any atom is 0.161 e. The van der Waals surface area contributed by atoms with Crippen LogP contribution in [0.2, 0.25) is 0 Å². The van der Waals surface area contributed by atoms with Crippen LogP contribution in [0.4, 0.5) is 0 Å². The van der Waals surface area contributed by atoms with Crippen molar-refractivity contribution in [2.45, 2.75) is 19.5 Å². The normalized spacial score (nSPS) is 10.7. The third-order valence-corrected chi connectivity index (χ3v) is 4.19. The van der Waals surface area contributed by atoms with Gasteiger partial charge in [-0.05, 0) is 28.8 Å². The number of methoxy groups -OCH3 is 2. The molecule has 0 aliphatic heterocycles. The van der Waals surface area contributed by atoms with Crippen LogP contribution >= 0.6 is 0 Å². The standard InChI is InChI=1S/C20H23N3O2/c1-24-18-7-6-15(11-19(18)25-2)12-20-22-8-9-23(20)14-17-5-3-4-16(10-17)13-21/h3-11H,12-14,21H2,1-2H3. The zero-order valence-electron chi connectivity index (χ0n) is 14.6. The molecule has 0 aliphatic rings. The highest BCUT2D eigenvalue weighted by atomic mass is 16.5. The monoisotopic (exact) mass is 337 g/mol. The average Bonchev–Trinajstić information content (AvgIpc) is 3.08. The summed E-state index contributed by atoms with van der Waals surface area (Å²) in [5.41, 5.74) is 9.21. The Hall–Kier alpha value is -2.79. The molecule has 2 N–H and O–H groups in total. The molecular formula is C20H23N3O2. The van der Waals surface area contributed by atoms with E-state index in [-0.39, 0.29) is 0 Å². The fourth-order valence-corrected chi connectivity index (χ4v) is 2.88. The Morgan fingerprint density at radius 3 is 2.52 bits per heavy atom. The van der Waals surface area contributed by atoms with Crippen LogP contribution in [0.3, 0.4) is 0 Å². The summed E-state index contributed by atoms with van der Waals surface area (Å²) in [5.74, 6) is 2.47. The molecule has 3 rings (SSSR count). The van der Waals surface area contributed by atoms with E-state index in [0.29, 0.717) is 6.54 Å². The van der Waals surface area contributed by atoms with Crippen molar-refractivity contribution in [2.24, 2.45) is 5.73 Å². The predicted molar refractivity (Wildman–Crippen MR) is 98.0 cm³/mol. The highest BCUT2D eigenvalue weighted by Gasteiger charge is 2.09. The van der Waals surface area contributed by atoms with Gasteiger partial charge in [0, 0.05) is 31.9 Å². The zero-order valence-corrected chi connectivity index (χ0v) is 14.6. The summed E-state index contributed by atoms with van der Waals surface area (Å²) in [6.07, 6.45) is 4.57. The maximum absolute atomic E-state index is 5.73. The Morgan fingerprint density at radius 2 is 1.76 bits per heavy atom. The number of rotatable bonds is 7. The van der Waals surface area contributed by atoms with E-state index in [2.05, 4.69) is 21.7 Å². The van der Waals surface area contributed by atoms with Crippen molar-refractivity contribution >= 4 is 0 Å². The van der Waals surface area contributed by atoms with E-state index in [0.717, 1.165) is 41.4 Å². The van der Waals surface area contributed by atoms with Crippen molar-refractivity contribution < 1.29 is 9.47 Å². The summed E-state index contributed by atoms with van der Waals surface area (Å²) in [7, 11) is 3.28. The van der Waals surface area contributed by atoms with E-state index in [1.54, 1.807) is 14.2 Å². The van der Waals surface area contributed by atoms with Gasteiger partial charge in [0.25, 0.3) is 0 Å². The smallest absolute Gasteiger partial charge is 0.161 e. The Morgan fingerprint density at radius 1 is 0.960 bits per heavy atom. The molecule has 3 aromatic rings. The summed E-state index contributed by atoms with van der Waals surface area (Å²) >= 11 is 0. The first-order valence-electron chi connectivity index (χ1n) is 8.22. The lowest BCUT2D eigenvalue weighted by atomic mass is 10.1. The van der Waals surface area contributed by atoms with Crippen molar-refractivity contribution in [1.29, 1.82) is 0 Å². The van der Waals surface area contributed by atoms with Gasteiger partial charge in [0.1, 0.15) is 5.82 Å². The van der Waals surface area contributed by atoms with Gasteiger partial charge in [0.2, 0.25) is 0 Å². The van der Waals surface area contributed by atoms with Crippen molar-refractivity contribution in [1.82, 2.24) is 9.55 Å². The molecule has 2 aromatic carbocycles. The lowest BCUT2D eigenvalue weighted by Crippen LogP contribution is -2.06. The number of hydrogen-bond donors (Lipinski definition) is 1. The molecule has 1 aromatic heterocycles. The van der Waals surface area contributed by atoms with Crippen LogP contribution in [0.5, 0.6) is 11.5 Å². The van der Waals surface area contributed by atoms with E-state index in [1.807, 2.05) is 42.7 Å². The van der Waals surface area contributed by atoms with Crippen LogP contribution in [0.1, 0.15) is 22.5 Å². The molecule has 5 nitrogen and oxygen atoms in total.